The molecule has 0 fully saturated rings. The summed E-state index contributed by atoms with van der Waals surface area (Å²) in [4.78, 5) is 21.0. The summed E-state index contributed by atoms with van der Waals surface area (Å²) >= 11 is 5.68. The molecule has 0 N–H and O–H groups in total. The first-order chi connectivity index (χ1) is 7.95. The molecule has 0 aliphatic heterocycles. The zero-order chi connectivity index (χ0) is 13.0. The Morgan fingerprint density at radius 3 is 2.65 bits per heavy atom. The Labute approximate surface area is 102 Å². The first-order valence-electron chi connectivity index (χ1n) is 4.64. The zero-order valence-corrected chi connectivity index (χ0v) is 9.93. The summed E-state index contributed by atoms with van der Waals surface area (Å²) < 4.78 is 9.67. The van der Waals surface area contributed by atoms with E-state index in [-0.39, 0.29) is 16.5 Å². The molecule has 1 atom stereocenters. The number of benzene rings is 1. The van der Waals surface area contributed by atoms with Crippen LogP contribution < -0.4 is 4.74 Å². The van der Waals surface area contributed by atoms with Crippen molar-refractivity contribution in [2.75, 3.05) is 7.11 Å². The van der Waals surface area contributed by atoms with E-state index in [9.17, 15) is 14.9 Å². The van der Waals surface area contributed by atoms with Crippen LogP contribution in [0.2, 0.25) is 5.02 Å². The fourth-order valence-electron chi connectivity index (χ4n) is 1.13. The maximum atomic E-state index is 11.1. The van der Waals surface area contributed by atoms with Crippen molar-refractivity contribution in [1.29, 1.82) is 0 Å². The molecule has 0 aliphatic carbocycles. The maximum absolute atomic E-state index is 11.1. The predicted molar refractivity (Wildman–Crippen MR) is 60.2 cm³/mol. The molecule has 0 unspecified atom stereocenters. The number of hydrogen-bond acceptors (Lipinski definition) is 5. The van der Waals surface area contributed by atoms with Crippen LogP contribution in [-0.4, -0.2) is 24.1 Å². The van der Waals surface area contributed by atoms with Gasteiger partial charge in [-0.25, -0.2) is 4.79 Å². The molecule has 0 saturated heterocycles. The smallest absolute Gasteiger partial charge is 0.346 e. The summed E-state index contributed by atoms with van der Waals surface area (Å²) in [5.41, 5.74) is -0.218. The number of rotatable bonds is 4. The van der Waals surface area contributed by atoms with E-state index in [0.29, 0.717) is 0 Å². The largest absolute Gasteiger partial charge is 0.479 e. The lowest BCUT2D eigenvalue weighted by molar-refractivity contribution is -0.384. The third kappa shape index (κ3) is 3.32. The second-order valence-corrected chi connectivity index (χ2v) is 3.56. The number of carbonyl (C=O) groups excluding carboxylic acids is 1. The molecule has 1 aromatic carbocycles. The summed E-state index contributed by atoms with van der Waals surface area (Å²) in [6.07, 6.45) is -0.808. The third-order valence-electron chi connectivity index (χ3n) is 1.96. The zero-order valence-electron chi connectivity index (χ0n) is 9.18. The number of halogens is 1. The molecule has 6 nitrogen and oxygen atoms in total. The summed E-state index contributed by atoms with van der Waals surface area (Å²) in [6.45, 7) is 1.50. The van der Waals surface area contributed by atoms with E-state index in [1.807, 2.05) is 0 Å². The molecule has 0 heterocycles. The second-order valence-electron chi connectivity index (χ2n) is 3.15. The lowest BCUT2D eigenvalue weighted by Crippen LogP contribution is -2.24. The summed E-state index contributed by atoms with van der Waals surface area (Å²) in [5, 5.41) is 10.5. The van der Waals surface area contributed by atoms with E-state index in [1.165, 1.54) is 32.2 Å². The number of carbonyl (C=O) groups is 1. The topological polar surface area (TPSA) is 78.7 Å². The number of nitrogens with zero attached hydrogens (tertiary/aromatic N) is 1. The molecule has 0 radical (unpaired) electrons. The van der Waals surface area contributed by atoms with Crippen molar-refractivity contribution in [1.82, 2.24) is 0 Å². The van der Waals surface area contributed by atoms with Crippen LogP contribution >= 0.6 is 11.6 Å². The monoisotopic (exact) mass is 259 g/mol. The molecular formula is C10H10ClNO5. The Bertz CT molecular complexity index is 448. The van der Waals surface area contributed by atoms with Gasteiger partial charge in [-0.05, 0) is 13.0 Å². The van der Waals surface area contributed by atoms with Gasteiger partial charge in [0, 0.05) is 12.1 Å². The molecule has 0 saturated carbocycles. The molecule has 1 rings (SSSR count). The minimum Gasteiger partial charge on any atom is -0.479 e. The van der Waals surface area contributed by atoms with Gasteiger partial charge in [0.15, 0.2) is 6.10 Å². The van der Waals surface area contributed by atoms with E-state index in [0.717, 1.165) is 0 Å². The lowest BCUT2D eigenvalue weighted by atomic mass is 10.3. The Balaban J connectivity index is 2.84. The SMILES string of the molecule is COC(=O)[C@H](C)Oc1ccc([N+](=O)[O-])c(Cl)c1. The Morgan fingerprint density at radius 2 is 2.18 bits per heavy atom. The molecule has 7 heteroatoms. The number of methoxy groups -OCH3 is 1. The highest BCUT2D eigenvalue weighted by molar-refractivity contribution is 6.32. The van der Waals surface area contributed by atoms with E-state index in [1.54, 1.807) is 0 Å². The molecular weight excluding hydrogens is 250 g/mol. The van der Waals surface area contributed by atoms with Gasteiger partial charge in [-0.15, -0.1) is 0 Å². The first kappa shape index (κ1) is 13.2. The number of hydrogen-bond donors (Lipinski definition) is 0. The van der Waals surface area contributed by atoms with Crippen LogP contribution in [0.25, 0.3) is 0 Å². The Hall–Kier alpha value is -1.82. The highest BCUT2D eigenvalue weighted by Gasteiger charge is 2.17. The number of nitro benzene ring substituents is 1. The molecule has 0 aliphatic rings. The highest BCUT2D eigenvalue weighted by atomic mass is 35.5. The van der Waals surface area contributed by atoms with Gasteiger partial charge in [-0.3, -0.25) is 10.1 Å². The van der Waals surface area contributed by atoms with Crippen molar-refractivity contribution in [3.8, 4) is 5.75 Å². The van der Waals surface area contributed by atoms with E-state index in [2.05, 4.69) is 4.74 Å². The minimum absolute atomic E-state index is 0.0513. The molecule has 0 aromatic heterocycles. The molecule has 17 heavy (non-hydrogen) atoms. The Kier molecular flexibility index (Phi) is 4.28. The van der Waals surface area contributed by atoms with Gasteiger partial charge in [-0.1, -0.05) is 11.6 Å². The van der Waals surface area contributed by atoms with Crippen LogP contribution in [-0.2, 0) is 9.53 Å². The van der Waals surface area contributed by atoms with Crippen LogP contribution in [0.15, 0.2) is 18.2 Å². The standard InChI is InChI=1S/C10H10ClNO5/c1-6(10(13)16-2)17-7-3-4-9(12(14)15)8(11)5-7/h3-6H,1-2H3/t6-/m0/s1. The molecule has 92 valence electrons. The van der Waals surface area contributed by atoms with Gasteiger partial charge in [-0.2, -0.15) is 0 Å². The fourth-order valence-corrected chi connectivity index (χ4v) is 1.37. The van der Waals surface area contributed by atoms with Crippen molar-refractivity contribution < 1.29 is 19.2 Å². The van der Waals surface area contributed by atoms with Crippen LogP contribution in [0, 0.1) is 10.1 Å². The summed E-state index contributed by atoms with van der Waals surface area (Å²) in [7, 11) is 1.24. The average molecular weight is 260 g/mol. The molecule has 0 bridgehead atoms. The van der Waals surface area contributed by atoms with Gasteiger partial charge in [0.25, 0.3) is 5.69 Å². The van der Waals surface area contributed by atoms with Gasteiger partial charge in [0.1, 0.15) is 10.8 Å². The number of esters is 1. The molecule has 0 amide bonds. The van der Waals surface area contributed by atoms with Crippen molar-refractivity contribution in [3.05, 3.63) is 33.3 Å². The summed E-state index contributed by atoms with van der Waals surface area (Å²) in [5.74, 6) is -0.280. The van der Waals surface area contributed by atoms with Gasteiger partial charge >= 0.3 is 5.97 Å². The van der Waals surface area contributed by atoms with Gasteiger partial charge in [0.05, 0.1) is 12.0 Å². The Morgan fingerprint density at radius 1 is 1.53 bits per heavy atom. The highest BCUT2D eigenvalue weighted by Crippen LogP contribution is 2.28. The van der Waals surface area contributed by atoms with Gasteiger partial charge < -0.3 is 9.47 Å². The van der Waals surface area contributed by atoms with E-state index >= 15 is 0 Å². The quantitative estimate of drug-likeness (QED) is 0.470. The summed E-state index contributed by atoms with van der Waals surface area (Å²) in [6, 6.07) is 3.85. The number of nitro groups is 1. The van der Waals surface area contributed by atoms with Crippen molar-refractivity contribution in [2.45, 2.75) is 13.0 Å². The third-order valence-corrected chi connectivity index (χ3v) is 2.26. The second kappa shape index (κ2) is 5.49. The van der Waals surface area contributed by atoms with Crippen LogP contribution in [0.4, 0.5) is 5.69 Å². The molecule has 1 aromatic rings. The normalized spacial score (nSPS) is 11.7. The number of ether oxygens (including phenoxy) is 2. The van der Waals surface area contributed by atoms with E-state index < -0.39 is 17.0 Å². The predicted octanol–water partition coefficient (Wildman–Crippen LogP) is 2.19. The van der Waals surface area contributed by atoms with Crippen LogP contribution in [0.3, 0.4) is 0 Å². The molecule has 0 spiro atoms. The lowest BCUT2D eigenvalue weighted by Gasteiger charge is -2.12. The van der Waals surface area contributed by atoms with E-state index in [4.69, 9.17) is 16.3 Å². The van der Waals surface area contributed by atoms with Crippen LogP contribution in [0.1, 0.15) is 6.92 Å². The van der Waals surface area contributed by atoms with Crippen molar-refractivity contribution in [3.63, 3.8) is 0 Å². The van der Waals surface area contributed by atoms with Crippen molar-refractivity contribution >= 4 is 23.3 Å². The first-order valence-corrected chi connectivity index (χ1v) is 5.02. The average Bonchev–Trinajstić information content (AvgIpc) is 2.27. The van der Waals surface area contributed by atoms with Crippen molar-refractivity contribution in [2.24, 2.45) is 0 Å². The van der Waals surface area contributed by atoms with Gasteiger partial charge in [0.2, 0.25) is 0 Å². The maximum Gasteiger partial charge on any atom is 0.346 e. The fraction of sp³-hybridized carbons (Fsp3) is 0.300. The minimum atomic E-state index is -0.808. The van der Waals surface area contributed by atoms with Crippen LogP contribution in [0.5, 0.6) is 5.75 Å².